The third-order valence-corrected chi connectivity index (χ3v) is 13.6. The van der Waals surface area contributed by atoms with Gasteiger partial charge in [-0.1, -0.05) is 87.3 Å². The molecule has 0 bridgehead atoms. The number of esters is 2. The van der Waals surface area contributed by atoms with Crippen LogP contribution in [0.2, 0.25) is 10.0 Å². The predicted molar refractivity (Wildman–Crippen MR) is 270 cm³/mol. The SMILES string of the molecule is Cc1c(COc2cc(OCc3cncc(C#N)c3)c(CNC3C(=O)OCC3(C)C)cc2Cl)cccc1-c1cccc(COc2cc(OCc3cncc(C#N)c3)c(CNC3C(=O)OCC3(C)C)cc2Cl)c1C. The zero-order chi connectivity index (χ0) is 51.2. The Labute approximate surface area is 429 Å². The zero-order valence-electron chi connectivity index (χ0n) is 40.9. The van der Waals surface area contributed by atoms with Crippen molar-refractivity contribution in [2.45, 2.75) is 93.1 Å². The number of hydrogen-bond donors (Lipinski definition) is 2. The molecule has 0 aliphatic carbocycles. The fourth-order valence-electron chi connectivity index (χ4n) is 8.70. The molecule has 2 aliphatic heterocycles. The fourth-order valence-corrected chi connectivity index (χ4v) is 9.18. The van der Waals surface area contributed by atoms with Crippen LogP contribution < -0.4 is 29.6 Å². The Morgan fingerprint density at radius 1 is 0.583 bits per heavy atom. The number of nitrogens with one attached hydrogen (secondary N) is 2. The van der Waals surface area contributed by atoms with Crippen molar-refractivity contribution in [3.8, 4) is 46.3 Å². The number of hydrogen-bond acceptors (Lipinski definition) is 14. The maximum absolute atomic E-state index is 12.6. The Hall–Kier alpha value is -7.20. The van der Waals surface area contributed by atoms with Crippen LogP contribution in [-0.4, -0.2) is 47.2 Å². The lowest BCUT2D eigenvalue weighted by molar-refractivity contribution is -0.140. The van der Waals surface area contributed by atoms with Gasteiger partial charge in [0, 0.05) is 83.1 Å². The molecule has 2 aliphatic rings. The maximum Gasteiger partial charge on any atom is 0.323 e. The molecule has 6 aromatic rings. The van der Waals surface area contributed by atoms with Crippen LogP contribution in [0.25, 0.3) is 11.1 Å². The molecule has 4 aromatic carbocycles. The highest BCUT2D eigenvalue weighted by Crippen LogP contribution is 2.39. The number of carbonyl (C=O) groups is 2. The summed E-state index contributed by atoms with van der Waals surface area (Å²) in [6.45, 7) is 13.8. The number of nitrogens with zero attached hydrogens (tertiary/aromatic N) is 4. The third kappa shape index (κ3) is 11.8. The first-order valence-electron chi connectivity index (χ1n) is 23.3. The van der Waals surface area contributed by atoms with Gasteiger partial charge in [0.15, 0.2) is 0 Å². The quantitative estimate of drug-likeness (QED) is 0.0730. The smallest absolute Gasteiger partial charge is 0.323 e. The minimum absolute atomic E-state index is 0.128. The summed E-state index contributed by atoms with van der Waals surface area (Å²) < 4.78 is 36.2. The van der Waals surface area contributed by atoms with E-state index < -0.39 is 22.9 Å². The lowest BCUT2D eigenvalue weighted by Gasteiger charge is -2.24. The number of pyridine rings is 2. The number of aromatic nitrogens is 2. The number of rotatable bonds is 19. The molecule has 0 amide bonds. The van der Waals surface area contributed by atoms with Crippen molar-refractivity contribution in [2.24, 2.45) is 10.8 Å². The van der Waals surface area contributed by atoms with E-state index in [-0.39, 0.29) is 51.5 Å². The number of benzene rings is 4. The van der Waals surface area contributed by atoms with Crippen LogP contribution in [0.3, 0.4) is 0 Å². The Kier molecular flexibility index (Phi) is 15.7. The number of ether oxygens (including phenoxy) is 6. The van der Waals surface area contributed by atoms with Gasteiger partial charge in [-0.2, -0.15) is 10.5 Å². The summed E-state index contributed by atoms with van der Waals surface area (Å²) in [6.07, 6.45) is 6.26. The van der Waals surface area contributed by atoms with E-state index in [0.29, 0.717) is 79.6 Å². The van der Waals surface area contributed by atoms with Crippen LogP contribution in [-0.2, 0) is 58.6 Å². The summed E-state index contributed by atoms with van der Waals surface area (Å²) in [5.74, 6) is 1.17. The molecule has 0 radical (unpaired) electrons. The van der Waals surface area contributed by atoms with Gasteiger partial charge in [0.1, 0.15) is 73.6 Å². The normalized spacial score (nSPS) is 16.6. The zero-order valence-corrected chi connectivity index (χ0v) is 42.4. The molecule has 14 nitrogen and oxygen atoms in total. The van der Waals surface area contributed by atoms with Gasteiger partial charge < -0.3 is 28.4 Å². The minimum atomic E-state index is -0.521. The number of carbonyl (C=O) groups excluding carboxylic acids is 2. The molecule has 8 rings (SSSR count). The van der Waals surface area contributed by atoms with Crippen molar-refractivity contribution in [2.75, 3.05) is 13.2 Å². The van der Waals surface area contributed by atoms with Gasteiger partial charge in [0.25, 0.3) is 0 Å². The van der Waals surface area contributed by atoms with E-state index in [2.05, 4.69) is 58.7 Å². The van der Waals surface area contributed by atoms with Crippen molar-refractivity contribution >= 4 is 35.1 Å². The second kappa shape index (κ2) is 22.1. The second-order valence-electron chi connectivity index (χ2n) is 19.3. The molecule has 2 unspecified atom stereocenters. The summed E-state index contributed by atoms with van der Waals surface area (Å²) in [5, 5.41) is 26.3. The van der Waals surface area contributed by atoms with E-state index in [1.54, 1.807) is 48.8 Å². The van der Waals surface area contributed by atoms with Gasteiger partial charge >= 0.3 is 11.9 Å². The second-order valence-corrected chi connectivity index (χ2v) is 20.1. The van der Waals surface area contributed by atoms with Gasteiger partial charge in [0.05, 0.1) is 34.4 Å². The Morgan fingerprint density at radius 3 is 1.36 bits per heavy atom. The van der Waals surface area contributed by atoms with Crippen LogP contribution in [0, 0.1) is 47.3 Å². The summed E-state index contributed by atoms with van der Waals surface area (Å²) in [7, 11) is 0. The number of nitriles is 2. The molecule has 2 N–H and O–H groups in total. The molecule has 0 saturated carbocycles. The molecule has 2 saturated heterocycles. The van der Waals surface area contributed by atoms with Gasteiger partial charge in [-0.3, -0.25) is 30.2 Å². The van der Waals surface area contributed by atoms with Gasteiger partial charge in [-0.25, -0.2) is 0 Å². The molecule has 2 atom stereocenters. The highest BCUT2D eigenvalue weighted by Gasteiger charge is 2.44. The highest BCUT2D eigenvalue weighted by atomic mass is 35.5. The van der Waals surface area contributed by atoms with Crippen molar-refractivity contribution in [1.82, 2.24) is 20.6 Å². The third-order valence-electron chi connectivity index (χ3n) is 13.0. The van der Waals surface area contributed by atoms with Gasteiger partial charge in [0.2, 0.25) is 0 Å². The van der Waals surface area contributed by atoms with E-state index >= 15 is 0 Å². The molecule has 2 fully saturated rings. The lowest BCUT2D eigenvalue weighted by atomic mass is 9.87. The van der Waals surface area contributed by atoms with E-state index in [9.17, 15) is 20.1 Å². The standard InChI is InChI=1S/C56H54Cl2N6O8/c1-33-39(29-69-49-17-47(67-27-37-13-35(19-59)21-61-23-37)41(15-45(49)57)25-63-51-53(65)71-31-55(51,3)4)9-7-11-43(33)44-12-8-10-40(34(44)2)30-70-50-18-48(68-28-38-14-36(20-60)22-62-24-38)42(16-46(50)58)26-64-52-54(66)72-32-56(52,5)6/h7-18,21-24,51-52,63-64H,25-32H2,1-6H3. The largest absolute Gasteiger partial charge is 0.488 e. The Bertz CT molecular complexity index is 2900. The lowest BCUT2D eigenvalue weighted by Crippen LogP contribution is -2.42. The van der Waals surface area contributed by atoms with Crippen molar-refractivity contribution in [3.63, 3.8) is 0 Å². The number of halogens is 2. The first-order valence-corrected chi connectivity index (χ1v) is 24.1. The van der Waals surface area contributed by atoms with Crippen LogP contribution in [0.5, 0.6) is 23.0 Å². The van der Waals surface area contributed by atoms with E-state index in [1.807, 2.05) is 52.0 Å². The van der Waals surface area contributed by atoms with E-state index in [4.69, 9.17) is 51.6 Å². The molecule has 2 aromatic heterocycles. The number of cyclic esters (lactones) is 2. The van der Waals surface area contributed by atoms with Gasteiger partial charge in [-0.05, 0) is 71.5 Å². The predicted octanol–water partition coefficient (Wildman–Crippen LogP) is 10.2. The summed E-state index contributed by atoms with van der Waals surface area (Å²) >= 11 is 13.8. The molecule has 72 heavy (non-hydrogen) atoms. The summed E-state index contributed by atoms with van der Waals surface area (Å²) in [5.41, 5.74) is 8.80. The Balaban J connectivity index is 0.993. The highest BCUT2D eigenvalue weighted by molar-refractivity contribution is 6.32. The molecule has 0 spiro atoms. The van der Waals surface area contributed by atoms with Crippen LogP contribution >= 0.6 is 23.2 Å². The van der Waals surface area contributed by atoms with E-state index in [0.717, 1.165) is 33.4 Å². The first-order chi connectivity index (χ1) is 34.5. The summed E-state index contributed by atoms with van der Waals surface area (Å²) in [4.78, 5) is 33.5. The summed E-state index contributed by atoms with van der Waals surface area (Å²) in [6, 6.07) is 25.8. The molecular weight excluding hydrogens is 956 g/mol. The maximum atomic E-state index is 12.6. The minimum Gasteiger partial charge on any atom is -0.488 e. The molecule has 16 heteroatoms. The molecular formula is C56H54Cl2N6O8. The van der Waals surface area contributed by atoms with Gasteiger partial charge in [-0.15, -0.1) is 0 Å². The fraction of sp³-hybridized carbons (Fsp3) is 0.321. The van der Waals surface area contributed by atoms with Crippen LogP contribution in [0.15, 0.2) is 97.6 Å². The molecule has 4 heterocycles. The van der Waals surface area contributed by atoms with Crippen molar-refractivity contribution in [3.05, 3.63) is 163 Å². The van der Waals surface area contributed by atoms with Crippen molar-refractivity contribution in [1.29, 1.82) is 10.5 Å². The first kappa shape index (κ1) is 51.2. The van der Waals surface area contributed by atoms with Crippen LogP contribution in [0.1, 0.15) is 83.3 Å². The Morgan fingerprint density at radius 2 is 0.986 bits per heavy atom. The van der Waals surface area contributed by atoms with E-state index in [1.165, 1.54) is 12.4 Å². The van der Waals surface area contributed by atoms with Crippen LogP contribution in [0.4, 0.5) is 0 Å². The average molecular weight is 1010 g/mol. The molecule has 370 valence electrons. The topological polar surface area (TPSA) is 187 Å². The monoisotopic (exact) mass is 1010 g/mol. The average Bonchev–Trinajstić information content (AvgIpc) is 3.79. The van der Waals surface area contributed by atoms with Crippen molar-refractivity contribution < 1.29 is 38.0 Å².